The van der Waals surface area contributed by atoms with Gasteiger partial charge in [-0.2, -0.15) is 0 Å². The molecule has 5 aliphatic rings. The van der Waals surface area contributed by atoms with Gasteiger partial charge in [-0.15, -0.1) is 0 Å². The molecule has 27 heavy (non-hydrogen) atoms. The average Bonchev–Trinajstić information content (AvgIpc) is 3.01. The standard InChI is InChI=1S/C20H35N5O2/c1-11-3-4-12(2)27-15-8-10-22-19-18(15)25(20(26)24-19)16-6-5-14-17(23-16)13(11)7-9-21-14/h11-19,21-23H,3-10H2,1-2H3,(H,24,26)/t11-,12+,13?,14?,15?,16?,17?,18?,19?/m1/s1. The van der Waals surface area contributed by atoms with Crippen LogP contribution in [-0.2, 0) is 4.74 Å². The fourth-order valence-corrected chi connectivity index (χ4v) is 6.34. The highest BCUT2D eigenvalue weighted by Crippen LogP contribution is 2.36. The zero-order valence-electron chi connectivity index (χ0n) is 16.6. The van der Waals surface area contributed by atoms with Gasteiger partial charge in [0.25, 0.3) is 0 Å². The minimum Gasteiger partial charge on any atom is -0.373 e. The number of carbonyl (C=O) groups excluding carboxylic acids is 1. The molecule has 9 atom stereocenters. The molecule has 0 spiro atoms. The predicted octanol–water partition coefficient (Wildman–Crippen LogP) is 0.959. The zero-order chi connectivity index (χ0) is 18.5. The number of fused-ring (bicyclic) bond motifs is 2. The molecule has 4 N–H and O–H groups in total. The smallest absolute Gasteiger partial charge is 0.320 e. The molecule has 7 unspecified atom stereocenters. The van der Waals surface area contributed by atoms with Crippen molar-refractivity contribution < 1.29 is 9.53 Å². The lowest BCUT2D eigenvalue weighted by Crippen LogP contribution is -2.69. The first-order valence-electron chi connectivity index (χ1n) is 11.1. The number of ether oxygens (including phenoxy) is 1. The van der Waals surface area contributed by atoms with Crippen molar-refractivity contribution >= 4 is 6.03 Å². The van der Waals surface area contributed by atoms with Gasteiger partial charge in [0.15, 0.2) is 0 Å². The van der Waals surface area contributed by atoms with Gasteiger partial charge < -0.3 is 20.3 Å². The Morgan fingerprint density at radius 1 is 1.00 bits per heavy atom. The summed E-state index contributed by atoms with van der Waals surface area (Å²) in [5.74, 6) is 1.35. The maximum atomic E-state index is 12.9. The lowest BCUT2D eigenvalue weighted by atomic mass is 9.74. The number of hydrogen-bond acceptors (Lipinski definition) is 5. The van der Waals surface area contributed by atoms with E-state index in [1.165, 1.54) is 12.8 Å². The van der Waals surface area contributed by atoms with E-state index < -0.39 is 0 Å². The van der Waals surface area contributed by atoms with Crippen molar-refractivity contribution in [3.8, 4) is 0 Å². The van der Waals surface area contributed by atoms with Crippen molar-refractivity contribution in [3.63, 3.8) is 0 Å². The molecule has 7 heteroatoms. The van der Waals surface area contributed by atoms with Gasteiger partial charge in [0.1, 0.15) is 6.17 Å². The number of rotatable bonds is 0. The molecule has 5 rings (SSSR count). The Hall–Kier alpha value is -0.890. The molecule has 0 aromatic heterocycles. The Bertz CT molecular complexity index is 575. The predicted molar refractivity (Wildman–Crippen MR) is 103 cm³/mol. The van der Waals surface area contributed by atoms with E-state index in [2.05, 4.69) is 40.0 Å². The SMILES string of the molecule is C[C@@H]1CC[C@H](C)OC2CCNC3NC(=O)N(C4CCC5NCCC1C5N4)C32. The van der Waals surface area contributed by atoms with Crippen LogP contribution in [-0.4, -0.2) is 66.7 Å². The molecular formula is C20H35N5O2. The summed E-state index contributed by atoms with van der Waals surface area (Å²) < 4.78 is 6.53. The monoisotopic (exact) mass is 377 g/mol. The summed E-state index contributed by atoms with van der Waals surface area (Å²) in [7, 11) is 0. The van der Waals surface area contributed by atoms with Crippen LogP contribution in [0.4, 0.5) is 4.79 Å². The van der Waals surface area contributed by atoms with Gasteiger partial charge in [-0.1, -0.05) is 6.92 Å². The van der Waals surface area contributed by atoms with Gasteiger partial charge in [-0.25, -0.2) is 4.79 Å². The lowest BCUT2D eigenvalue weighted by Gasteiger charge is -2.51. The van der Waals surface area contributed by atoms with Gasteiger partial charge in [-0.05, 0) is 70.4 Å². The van der Waals surface area contributed by atoms with E-state index in [0.717, 1.165) is 38.8 Å². The lowest BCUT2D eigenvalue weighted by molar-refractivity contribution is -0.0800. The Labute approximate surface area is 162 Å². The fourth-order valence-electron chi connectivity index (χ4n) is 6.34. The van der Waals surface area contributed by atoms with Crippen LogP contribution in [0.25, 0.3) is 0 Å². The van der Waals surface area contributed by atoms with Crippen molar-refractivity contribution in [1.29, 1.82) is 0 Å². The topological polar surface area (TPSA) is 77.7 Å². The van der Waals surface area contributed by atoms with Crippen LogP contribution < -0.4 is 21.3 Å². The van der Waals surface area contributed by atoms with E-state index in [1.807, 2.05) is 0 Å². The van der Waals surface area contributed by atoms with Crippen LogP contribution >= 0.6 is 0 Å². The maximum absolute atomic E-state index is 12.9. The van der Waals surface area contributed by atoms with Crippen LogP contribution in [0.1, 0.15) is 52.4 Å². The van der Waals surface area contributed by atoms with E-state index in [-0.39, 0.29) is 36.6 Å². The summed E-state index contributed by atoms with van der Waals surface area (Å²) in [6, 6.07) is 1.14. The van der Waals surface area contributed by atoms with Crippen LogP contribution in [0.15, 0.2) is 0 Å². The largest absolute Gasteiger partial charge is 0.373 e. The molecule has 0 aromatic carbocycles. The third kappa shape index (κ3) is 3.16. The van der Waals surface area contributed by atoms with Crippen molar-refractivity contribution in [2.75, 3.05) is 13.1 Å². The molecule has 0 aliphatic carbocycles. The molecule has 7 nitrogen and oxygen atoms in total. The number of nitrogens with one attached hydrogen (secondary N) is 4. The average molecular weight is 378 g/mol. The van der Waals surface area contributed by atoms with Crippen LogP contribution in [0.5, 0.6) is 0 Å². The van der Waals surface area contributed by atoms with Gasteiger partial charge >= 0.3 is 6.03 Å². The van der Waals surface area contributed by atoms with E-state index in [4.69, 9.17) is 4.74 Å². The highest BCUT2D eigenvalue weighted by atomic mass is 16.5. The second kappa shape index (κ2) is 7.17. The zero-order valence-corrected chi connectivity index (χ0v) is 16.6. The second-order valence-electron chi connectivity index (χ2n) is 9.41. The molecule has 2 bridgehead atoms. The molecule has 5 heterocycles. The third-order valence-corrected chi connectivity index (χ3v) is 7.77. The Morgan fingerprint density at radius 2 is 1.85 bits per heavy atom. The maximum Gasteiger partial charge on any atom is 0.320 e. The van der Waals surface area contributed by atoms with Crippen LogP contribution in [0, 0.1) is 11.8 Å². The molecule has 152 valence electrons. The van der Waals surface area contributed by atoms with E-state index >= 15 is 0 Å². The normalized spacial score (nSPS) is 50.2. The Kier molecular flexibility index (Phi) is 4.82. The molecular weight excluding hydrogens is 342 g/mol. The van der Waals surface area contributed by atoms with Crippen molar-refractivity contribution in [3.05, 3.63) is 0 Å². The quantitative estimate of drug-likeness (QED) is 0.506. The number of urea groups is 1. The third-order valence-electron chi connectivity index (χ3n) is 7.77. The highest BCUT2D eigenvalue weighted by molar-refractivity contribution is 5.78. The van der Waals surface area contributed by atoms with Gasteiger partial charge in [0, 0.05) is 12.1 Å². The molecule has 5 fully saturated rings. The Morgan fingerprint density at radius 3 is 2.74 bits per heavy atom. The molecule has 0 aromatic rings. The first kappa shape index (κ1) is 18.2. The summed E-state index contributed by atoms with van der Waals surface area (Å²) in [5, 5.41) is 14.3. The minimum absolute atomic E-state index is 0.00474. The number of amides is 2. The first-order valence-corrected chi connectivity index (χ1v) is 11.1. The van der Waals surface area contributed by atoms with Gasteiger partial charge in [0.05, 0.1) is 24.4 Å². The molecule has 5 aliphatic heterocycles. The number of hydrogen-bond donors (Lipinski definition) is 4. The summed E-state index contributed by atoms with van der Waals surface area (Å²) in [5.41, 5.74) is 0. The molecule has 0 saturated carbocycles. The first-order chi connectivity index (χ1) is 13.1. The summed E-state index contributed by atoms with van der Waals surface area (Å²) in [6.45, 7) is 6.66. The van der Waals surface area contributed by atoms with E-state index in [1.54, 1.807) is 0 Å². The fraction of sp³-hybridized carbons (Fsp3) is 0.950. The number of piperidine rings is 3. The minimum atomic E-state index is 0.00474. The van der Waals surface area contributed by atoms with Gasteiger partial charge in [-0.3, -0.25) is 10.6 Å². The second-order valence-corrected chi connectivity index (χ2v) is 9.41. The summed E-state index contributed by atoms with van der Waals surface area (Å²) in [4.78, 5) is 15.0. The molecule has 2 amide bonds. The highest BCUT2D eigenvalue weighted by Gasteiger charge is 2.52. The van der Waals surface area contributed by atoms with Crippen molar-refractivity contribution in [2.45, 2.75) is 95.0 Å². The van der Waals surface area contributed by atoms with Crippen molar-refractivity contribution in [1.82, 2.24) is 26.2 Å². The Balaban J connectivity index is 1.48. The van der Waals surface area contributed by atoms with Gasteiger partial charge in [0.2, 0.25) is 0 Å². The van der Waals surface area contributed by atoms with Crippen LogP contribution in [0.2, 0.25) is 0 Å². The molecule has 0 radical (unpaired) electrons. The van der Waals surface area contributed by atoms with E-state index in [0.29, 0.717) is 23.9 Å². The van der Waals surface area contributed by atoms with Crippen molar-refractivity contribution in [2.24, 2.45) is 11.8 Å². The number of nitrogens with zero attached hydrogens (tertiary/aromatic N) is 1. The summed E-state index contributed by atoms with van der Waals surface area (Å²) in [6.07, 6.45) is 7.14. The van der Waals surface area contributed by atoms with Crippen LogP contribution in [0.3, 0.4) is 0 Å². The summed E-state index contributed by atoms with van der Waals surface area (Å²) >= 11 is 0. The van der Waals surface area contributed by atoms with E-state index in [9.17, 15) is 4.79 Å². The number of carbonyl (C=O) groups is 1. The molecule has 5 saturated heterocycles.